The summed E-state index contributed by atoms with van der Waals surface area (Å²) in [5.74, 6) is -0.452. The number of hydrogen-bond donors (Lipinski definition) is 1. The molecule has 17 heavy (non-hydrogen) atoms. The quantitative estimate of drug-likeness (QED) is 0.644. The van der Waals surface area contributed by atoms with E-state index in [1.54, 1.807) is 25.3 Å². The van der Waals surface area contributed by atoms with Gasteiger partial charge in [0.25, 0.3) is 0 Å². The zero-order valence-electron chi connectivity index (χ0n) is 9.58. The highest BCUT2D eigenvalue weighted by Gasteiger charge is 2.16. The fourth-order valence-electron chi connectivity index (χ4n) is 1.34. The summed E-state index contributed by atoms with van der Waals surface area (Å²) in [4.78, 5) is 11.2. The van der Waals surface area contributed by atoms with Gasteiger partial charge in [0, 0.05) is 13.7 Å². The summed E-state index contributed by atoms with van der Waals surface area (Å²) >= 11 is 3.25. The van der Waals surface area contributed by atoms with Crippen LogP contribution in [-0.4, -0.2) is 31.0 Å². The first-order valence-electron chi connectivity index (χ1n) is 5.29. The number of benzene rings is 1. The lowest BCUT2D eigenvalue weighted by molar-refractivity contribution is -0.120. The number of hydrogen-bond acceptors (Lipinski definition) is 2. The number of carbonyl (C=O) groups is 1. The lowest BCUT2D eigenvalue weighted by atomic mass is 10.1. The van der Waals surface area contributed by atoms with Crippen molar-refractivity contribution in [3.05, 3.63) is 35.6 Å². The van der Waals surface area contributed by atoms with E-state index in [1.807, 2.05) is 0 Å². The highest BCUT2D eigenvalue weighted by atomic mass is 79.9. The second-order valence-electron chi connectivity index (χ2n) is 3.55. The number of alkyl halides is 1. The van der Waals surface area contributed by atoms with Gasteiger partial charge in [-0.3, -0.25) is 4.79 Å². The molecule has 0 bridgehead atoms. The molecule has 0 aliphatic heterocycles. The third-order valence-electron chi connectivity index (χ3n) is 2.25. The molecule has 0 saturated heterocycles. The smallest absolute Gasteiger partial charge is 0.234 e. The minimum absolute atomic E-state index is 0.162. The summed E-state index contributed by atoms with van der Waals surface area (Å²) < 4.78 is 18.2. The number of rotatable bonds is 6. The van der Waals surface area contributed by atoms with E-state index in [2.05, 4.69) is 21.2 Å². The lowest BCUT2D eigenvalue weighted by Crippen LogP contribution is -2.34. The highest BCUT2D eigenvalue weighted by molar-refractivity contribution is 9.10. The Kier molecular flexibility index (Phi) is 6.15. The van der Waals surface area contributed by atoms with Crippen LogP contribution in [0.5, 0.6) is 0 Å². The molecule has 1 atom stereocenters. The fourth-order valence-corrected chi connectivity index (χ4v) is 1.85. The van der Waals surface area contributed by atoms with Crippen LogP contribution in [0.1, 0.15) is 5.56 Å². The van der Waals surface area contributed by atoms with Crippen LogP contribution in [0, 0.1) is 5.82 Å². The first-order chi connectivity index (χ1) is 8.15. The van der Waals surface area contributed by atoms with Crippen molar-refractivity contribution < 1.29 is 13.9 Å². The van der Waals surface area contributed by atoms with Crippen LogP contribution >= 0.6 is 15.9 Å². The van der Waals surface area contributed by atoms with Gasteiger partial charge in [-0.05, 0) is 18.1 Å². The molecule has 0 aliphatic carbocycles. The van der Waals surface area contributed by atoms with Gasteiger partial charge < -0.3 is 10.1 Å². The summed E-state index contributed by atoms with van der Waals surface area (Å²) in [6.45, 7) is 0.917. The second kappa shape index (κ2) is 7.40. The first-order valence-corrected chi connectivity index (χ1v) is 6.21. The lowest BCUT2D eigenvalue weighted by Gasteiger charge is -2.11. The van der Waals surface area contributed by atoms with E-state index >= 15 is 0 Å². The average Bonchev–Trinajstić information content (AvgIpc) is 2.32. The molecule has 0 heterocycles. The molecule has 0 spiro atoms. The van der Waals surface area contributed by atoms with Crippen LogP contribution in [0.15, 0.2) is 24.3 Å². The van der Waals surface area contributed by atoms with E-state index in [9.17, 15) is 9.18 Å². The molecular formula is C12H15BrFNO2. The van der Waals surface area contributed by atoms with E-state index in [0.29, 0.717) is 25.1 Å². The largest absolute Gasteiger partial charge is 0.383 e. The molecule has 0 aliphatic rings. The van der Waals surface area contributed by atoms with Crippen LogP contribution < -0.4 is 5.32 Å². The van der Waals surface area contributed by atoms with Gasteiger partial charge in [0.2, 0.25) is 5.91 Å². The normalized spacial score (nSPS) is 12.2. The van der Waals surface area contributed by atoms with Crippen LogP contribution in [0.2, 0.25) is 0 Å². The molecule has 0 saturated carbocycles. The predicted molar refractivity (Wildman–Crippen MR) is 67.7 cm³/mol. The molecule has 1 aromatic rings. The fraction of sp³-hybridized carbons (Fsp3) is 0.417. The van der Waals surface area contributed by atoms with Crippen molar-refractivity contribution in [1.29, 1.82) is 0 Å². The topological polar surface area (TPSA) is 38.3 Å². The molecule has 0 aromatic heterocycles. The summed E-state index contributed by atoms with van der Waals surface area (Å²) in [7, 11) is 1.57. The van der Waals surface area contributed by atoms with E-state index in [1.165, 1.54) is 6.07 Å². The van der Waals surface area contributed by atoms with Crippen LogP contribution in [0.4, 0.5) is 4.39 Å². The van der Waals surface area contributed by atoms with Crippen molar-refractivity contribution in [3.8, 4) is 0 Å². The molecule has 1 aromatic carbocycles. The molecule has 5 heteroatoms. The summed E-state index contributed by atoms with van der Waals surface area (Å²) in [6.07, 6.45) is 0.325. The Balaban J connectivity index is 2.46. The van der Waals surface area contributed by atoms with Crippen LogP contribution in [0.25, 0.3) is 0 Å². The Morgan fingerprint density at radius 3 is 2.88 bits per heavy atom. The Hall–Kier alpha value is -0.940. The van der Waals surface area contributed by atoms with Gasteiger partial charge in [-0.2, -0.15) is 0 Å². The zero-order chi connectivity index (χ0) is 12.7. The number of carbonyl (C=O) groups excluding carboxylic acids is 1. The van der Waals surface area contributed by atoms with Crippen molar-refractivity contribution >= 4 is 21.8 Å². The Labute approximate surface area is 108 Å². The minimum atomic E-state index is -0.434. The van der Waals surface area contributed by atoms with E-state index in [-0.39, 0.29) is 11.7 Å². The molecular weight excluding hydrogens is 289 g/mol. The third-order valence-corrected chi connectivity index (χ3v) is 2.99. The number of halogens is 2. The standard InChI is InChI=1S/C12H15BrFNO2/c1-17-7-6-15-12(16)10(13)8-9-4-2-3-5-11(9)14/h2-5,10H,6-8H2,1H3,(H,15,16). The molecule has 0 fully saturated rings. The average molecular weight is 304 g/mol. The van der Waals surface area contributed by atoms with Gasteiger partial charge in [0.05, 0.1) is 11.4 Å². The van der Waals surface area contributed by atoms with Crippen LogP contribution in [-0.2, 0) is 16.0 Å². The third kappa shape index (κ3) is 4.83. The van der Waals surface area contributed by atoms with Gasteiger partial charge >= 0.3 is 0 Å². The maximum Gasteiger partial charge on any atom is 0.234 e. The monoisotopic (exact) mass is 303 g/mol. The van der Waals surface area contributed by atoms with Crippen molar-refractivity contribution in [3.63, 3.8) is 0 Å². The molecule has 1 unspecified atom stereocenters. The predicted octanol–water partition coefficient (Wildman–Crippen LogP) is 1.89. The minimum Gasteiger partial charge on any atom is -0.383 e. The summed E-state index contributed by atoms with van der Waals surface area (Å²) in [5, 5.41) is 2.69. The Bertz CT molecular complexity index is 373. The Morgan fingerprint density at radius 2 is 2.24 bits per heavy atom. The van der Waals surface area contributed by atoms with E-state index in [4.69, 9.17) is 4.74 Å². The number of ether oxygens (including phenoxy) is 1. The van der Waals surface area contributed by atoms with Gasteiger partial charge in [0.1, 0.15) is 5.82 Å². The molecule has 1 N–H and O–H groups in total. The van der Waals surface area contributed by atoms with Crippen molar-refractivity contribution in [2.75, 3.05) is 20.3 Å². The van der Waals surface area contributed by atoms with Crippen LogP contribution in [0.3, 0.4) is 0 Å². The molecule has 0 radical (unpaired) electrons. The second-order valence-corrected chi connectivity index (χ2v) is 4.65. The maximum absolute atomic E-state index is 13.3. The van der Waals surface area contributed by atoms with Gasteiger partial charge in [-0.1, -0.05) is 34.1 Å². The van der Waals surface area contributed by atoms with Crippen molar-refractivity contribution in [2.45, 2.75) is 11.2 Å². The zero-order valence-corrected chi connectivity index (χ0v) is 11.2. The Morgan fingerprint density at radius 1 is 1.53 bits per heavy atom. The number of nitrogens with one attached hydrogen (secondary N) is 1. The SMILES string of the molecule is COCCNC(=O)C(Br)Cc1ccccc1F. The number of amides is 1. The highest BCUT2D eigenvalue weighted by Crippen LogP contribution is 2.13. The van der Waals surface area contributed by atoms with E-state index in [0.717, 1.165) is 0 Å². The van der Waals surface area contributed by atoms with Gasteiger partial charge in [-0.15, -0.1) is 0 Å². The number of methoxy groups -OCH3 is 1. The van der Waals surface area contributed by atoms with Crippen molar-refractivity contribution in [2.24, 2.45) is 0 Å². The van der Waals surface area contributed by atoms with E-state index < -0.39 is 4.83 Å². The molecule has 1 rings (SSSR count). The summed E-state index contributed by atoms with van der Waals surface area (Å²) in [6, 6.07) is 6.44. The first kappa shape index (κ1) is 14.1. The molecule has 3 nitrogen and oxygen atoms in total. The molecule has 1 amide bonds. The summed E-state index contributed by atoms with van der Waals surface area (Å²) in [5.41, 5.74) is 0.524. The van der Waals surface area contributed by atoms with Gasteiger partial charge in [0.15, 0.2) is 0 Å². The van der Waals surface area contributed by atoms with Crippen molar-refractivity contribution in [1.82, 2.24) is 5.32 Å². The maximum atomic E-state index is 13.3. The molecule has 94 valence electrons. The van der Waals surface area contributed by atoms with Gasteiger partial charge in [-0.25, -0.2) is 4.39 Å².